The lowest BCUT2D eigenvalue weighted by molar-refractivity contribution is 0.0950. The van der Waals surface area contributed by atoms with Gasteiger partial charge in [-0.2, -0.15) is 10.2 Å². The molecule has 4 rings (SSSR count). The summed E-state index contributed by atoms with van der Waals surface area (Å²) in [6.45, 7) is 4.84. The summed E-state index contributed by atoms with van der Waals surface area (Å²) < 4.78 is 5.85. The number of hydrazone groups is 1. The lowest BCUT2D eigenvalue weighted by atomic mass is 10.0. The van der Waals surface area contributed by atoms with Gasteiger partial charge in [-0.3, -0.25) is 9.89 Å². The first-order chi connectivity index (χ1) is 17.6. The summed E-state index contributed by atoms with van der Waals surface area (Å²) in [4.78, 5) is 12.6. The maximum absolute atomic E-state index is 12.6. The molecule has 1 aromatic heterocycles. The summed E-state index contributed by atoms with van der Waals surface area (Å²) in [5.74, 6) is 0.507. The van der Waals surface area contributed by atoms with E-state index in [1.807, 2.05) is 49.4 Å². The second-order valence-electron chi connectivity index (χ2n) is 9.01. The van der Waals surface area contributed by atoms with Gasteiger partial charge in [0.05, 0.1) is 18.0 Å². The van der Waals surface area contributed by atoms with Crippen LogP contribution in [0.5, 0.6) is 5.75 Å². The predicted octanol–water partition coefficient (Wildman–Crippen LogP) is 7.12. The van der Waals surface area contributed by atoms with Gasteiger partial charge in [0.2, 0.25) is 0 Å². The highest BCUT2D eigenvalue weighted by molar-refractivity contribution is 6.03. The largest absolute Gasteiger partial charge is 0.494 e. The summed E-state index contributed by atoms with van der Waals surface area (Å²) in [6.07, 6.45) is 7.46. The number of carbonyl (C=O) groups is 1. The number of amides is 1. The molecule has 0 atom stereocenters. The zero-order valence-corrected chi connectivity index (χ0v) is 21.1. The first-order valence-electron chi connectivity index (χ1n) is 12.8. The molecule has 186 valence electrons. The zero-order valence-electron chi connectivity index (χ0n) is 21.1. The van der Waals surface area contributed by atoms with E-state index in [4.69, 9.17) is 4.74 Å². The normalized spacial score (nSPS) is 11.6. The van der Waals surface area contributed by atoms with Crippen LogP contribution in [0.3, 0.4) is 0 Å². The number of aromatic amines is 1. The zero-order chi connectivity index (χ0) is 25.2. The predicted molar refractivity (Wildman–Crippen MR) is 147 cm³/mol. The third kappa shape index (κ3) is 6.81. The molecule has 0 saturated heterocycles. The lowest BCUT2D eigenvalue weighted by Crippen LogP contribution is -2.19. The van der Waals surface area contributed by atoms with Crippen LogP contribution in [0.4, 0.5) is 0 Å². The minimum absolute atomic E-state index is 0.340. The van der Waals surface area contributed by atoms with Crippen LogP contribution in [-0.2, 0) is 0 Å². The van der Waals surface area contributed by atoms with Crippen molar-refractivity contribution in [2.24, 2.45) is 5.10 Å². The van der Waals surface area contributed by atoms with Gasteiger partial charge in [0.15, 0.2) is 0 Å². The van der Waals surface area contributed by atoms with Gasteiger partial charge in [0.1, 0.15) is 11.4 Å². The molecular weight excluding hydrogens is 448 g/mol. The summed E-state index contributed by atoms with van der Waals surface area (Å²) in [5, 5.41) is 13.7. The highest BCUT2D eigenvalue weighted by Crippen LogP contribution is 2.22. The minimum Gasteiger partial charge on any atom is -0.494 e. The Balaban J connectivity index is 1.29. The van der Waals surface area contributed by atoms with E-state index < -0.39 is 0 Å². The summed E-state index contributed by atoms with van der Waals surface area (Å²) in [5.41, 5.74) is 6.26. The molecule has 0 aliphatic heterocycles. The minimum atomic E-state index is -0.340. The maximum atomic E-state index is 12.6. The molecule has 1 amide bonds. The number of aromatic nitrogens is 2. The van der Waals surface area contributed by atoms with Crippen LogP contribution >= 0.6 is 0 Å². The Hall–Kier alpha value is -3.93. The summed E-state index contributed by atoms with van der Waals surface area (Å²) in [7, 11) is 0. The van der Waals surface area contributed by atoms with Crippen molar-refractivity contribution in [1.29, 1.82) is 0 Å². The third-order valence-electron chi connectivity index (χ3n) is 6.23. The van der Waals surface area contributed by atoms with Gasteiger partial charge in [-0.1, -0.05) is 75.4 Å². The summed E-state index contributed by atoms with van der Waals surface area (Å²) >= 11 is 0. The molecule has 0 spiro atoms. The molecule has 0 bridgehead atoms. The van der Waals surface area contributed by atoms with Crippen molar-refractivity contribution in [3.63, 3.8) is 0 Å². The molecule has 0 aliphatic carbocycles. The number of hydrogen-bond acceptors (Lipinski definition) is 4. The second-order valence-corrected chi connectivity index (χ2v) is 9.01. The van der Waals surface area contributed by atoms with E-state index in [9.17, 15) is 4.79 Å². The number of unbranched alkanes of at least 4 members (excludes halogenated alkanes) is 5. The fourth-order valence-electron chi connectivity index (χ4n) is 4.05. The van der Waals surface area contributed by atoms with Crippen LogP contribution in [0.1, 0.15) is 68.4 Å². The van der Waals surface area contributed by atoms with Crippen LogP contribution in [0.25, 0.3) is 22.0 Å². The standard InChI is InChI=1S/C30H34N4O2/c1-3-4-5-6-7-10-19-36-27-17-15-24(16-18-27)28-21-29(33-32-28)30(35)34-31-22(2)25-14-13-23-11-8-9-12-26(23)20-25/h8-9,11-18,20-21H,3-7,10,19H2,1-2H3,(H,32,33)(H,34,35)/b31-22-. The Kier molecular flexibility index (Phi) is 8.87. The van der Waals surface area contributed by atoms with E-state index in [1.54, 1.807) is 6.07 Å². The molecular formula is C30H34N4O2. The van der Waals surface area contributed by atoms with Crippen molar-refractivity contribution in [3.8, 4) is 17.0 Å². The number of carbonyl (C=O) groups excluding carboxylic acids is 1. The van der Waals surface area contributed by atoms with Crippen molar-refractivity contribution in [2.45, 2.75) is 52.4 Å². The number of H-pyrrole nitrogens is 1. The molecule has 1 heterocycles. The van der Waals surface area contributed by atoms with Gasteiger partial charge in [-0.15, -0.1) is 0 Å². The van der Waals surface area contributed by atoms with E-state index in [1.165, 1.54) is 37.5 Å². The van der Waals surface area contributed by atoms with Gasteiger partial charge in [0.25, 0.3) is 5.91 Å². The molecule has 0 fully saturated rings. The molecule has 0 aliphatic rings. The number of fused-ring (bicyclic) bond motifs is 1. The highest BCUT2D eigenvalue weighted by atomic mass is 16.5. The van der Waals surface area contributed by atoms with Crippen molar-refractivity contribution >= 4 is 22.4 Å². The number of ether oxygens (including phenoxy) is 1. The van der Waals surface area contributed by atoms with E-state index in [-0.39, 0.29) is 5.91 Å². The highest BCUT2D eigenvalue weighted by Gasteiger charge is 2.11. The molecule has 36 heavy (non-hydrogen) atoms. The van der Waals surface area contributed by atoms with Crippen LogP contribution in [0.2, 0.25) is 0 Å². The van der Waals surface area contributed by atoms with E-state index in [0.29, 0.717) is 11.4 Å². The number of benzene rings is 3. The van der Waals surface area contributed by atoms with E-state index in [2.05, 4.69) is 51.9 Å². The van der Waals surface area contributed by atoms with Gasteiger partial charge < -0.3 is 4.74 Å². The number of rotatable bonds is 12. The molecule has 2 N–H and O–H groups in total. The van der Waals surface area contributed by atoms with Crippen LogP contribution in [0.15, 0.2) is 77.9 Å². The molecule has 6 heteroatoms. The first kappa shape index (κ1) is 25.2. The van der Waals surface area contributed by atoms with E-state index in [0.717, 1.165) is 41.0 Å². The molecule has 4 aromatic rings. The van der Waals surface area contributed by atoms with Crippen LogP contribution in [0, 0.1) is 0 Å². The molecule has 0 unspecified atom stereocenters. The number of nitrogens with zero attached hydrogens (tertiary/aromatic N) is 2. The van der Waals surface area contributed by atoms with Gasteiger partial charge in [-0.05, 0) is 66.1 Å². The Bertz CT molecular complexity index is 1310. The van der Waals surface area contributed by atoms with Crippen molar-refractivity contribution < 1.29 is 9.53 Å². The summed E-state index contributed by atoms with van der Waals surface area (Å²) in [6, 6.07) is 23.8. The molecule has 0 radical (unpaired) electrons. The van der Waals surface area contributed by atoms with Crippen molar-refractivity contribution in [1.82, 2.24) is 15.6 Å². The Labute approximate surface area is 212 Å². The Morgan fingerprint density at radius 3 is 2.47 bits per heavy atom. The number of nitrogens with one attached hydrogen (secondary N) is 2. The lowest BCUT2D eigenvalue weighted by Gasteiger charge is -2.06. The molecule has 6 nitrogen and oxygen atoms in total. The average molecular weight is 483 g/mol. The first-order valence-corrected chi connectivity index (χ1v) is 12.8. The number of hydrogen-bond donors (Lipinski definition) is 2. The van der Waals surface area contributed by atoms with Gasteiger partial charge >= 0.3 is 0 Å². The Morgan fingerprint density at radius 1 is 0.917 bits per heavy atom. The quantitative estimate of drug-likeness (QED) is 0.128. The maximum Gasteiger partial charge on any atom is 0.289 e. The topological polar surface area (TPSA) is 79.4 Å². The molecule has 0 saturated carbocycles. The third-order valence-corrected chi connectivity index (χ3v) is 6.23. The van der Waals surface area contributed by atoms with Crippen LogP contribution < -0.4 is 10.2 Å². The van der Waals surface area contributed by atoms with Crippen LogP contribution in [-0.4, -0.2) is 28.4 Å². The smallest absolute Gasteiger partial charge is 0.289 e. The monoisotopic (exact) mass is 482 g/mol. The van der Waals surface area contributed by atoms with E-state index >= 15 is 0 Å². The second kappa shape index (κ2) is 12.7. The Morgan fingerprint density at radius 2 is 1.67 bits per heavy atom. The fourth-order valence-corrected chi connectivity index (χ4v) is 4.05. The van der Waals surface area contributed by atoms with Crippen molar-refractivity contribution in [2.75, 3.05) is 6.61 Å². The van der Waals surface area contributed by atoms with Gasteiger partial charge in [-0.25, -0.2) is 5.43 Å². The SMILES string of the molecule is CCCCCCCCOc1ccc(-c2cc(C(=O)N/N=C(/C)c3ccc4ccccc4c3)[nH]n2)cc1. The average Bonchev–Trinajstić information content (AvgIpc) is 3.42. The fraction of sp³-hybridized carbons (Fsp3) is 0.300. The molecule has 3 aromatic carbocycles. The van der Waals surface area contributed by atoms with Crippen molar-refractivity contribution in [3.05, 3.63) is 84.1 Å². The van der Waals surface area contributed by atoms with Gasteiger partial charge in [0, 0.05) is 5.56 Å².